The largest absolute Gasteiger partial charge is 0.406 e. The number of amides is 1. The third-order valence-electron chi connectivity index (χ3n) is 1.98. The van der Waals surface area contributed by atoms with Gasteiger partial charge >= 0.3 is 6.18 Å². The lowest BCUT2D eigenvalue weighted by molar-refractivity contribution is -0.138. The number of halogens is 3. The number of carbonyl (C=O) groups excluding carboxylic acids is 1. The quantitative estimate of drug-likeness (QED) is 0.863. The lowest BCUT2D eigenvalue weighted by Crippen LogP contribution is -2.35. The highest BCUT2D eigenvalue weighted by molar-refractivity contribution is 5.94. The van der Waals surface area contributed by atoms with Gasteiger partial charge in [0.2, 0.25) is 0 Å². The average Bonchev–Trinajstić information content (AvgIpc) is 2.12. The van der Waals surface area contributed by atoms with Crippen molar-refractivity contribution in [3.63, 3.8) is 0 Å². The lowest BCUT2D eigenvalue weighted by atomic mass is 10.2. The van der Waals surface area contributed by atoms with Crippen LogP contribution in [0.15, 0.2) is 12.1 Å². The van der Waals surface area contributed by atoms with Crippen molar-refractivity contribution in [2.45, 2.75) is 13.1 Å². The topological polar surface area (TPSA) is 59.2 Å². The zero-order chi connectivity index (χ0) is 13.2. The van der Waals surface area contributed by atoms with Crippen LogP contribution < -0.4 is 5.73 Å². The molecule has 1 amide bonds. The van der Waals surface area contributed by atoms with Gasteiger partial charge in [0.15, 0.2) is 0 Å². The van der Waals surface area contributed by atoms with Crippen molar-refractivity contribution < 1.29 is 18.0 Å². The predicted octanol–water partition coefficient (Wildman–Crippen LogP) is 1.61. The van der Waals surface area contributed by atoms with Gasteiger partial charge in [-0.2, -0.15) is 13.2 Å². The number of alkyl halides is 3. The third kappa shape index (κ3) is 3.93. The fraction of sp³-hybridized carbons (Fsp3) is 0.400. The fourth-order valence-electron chi connectivity index (χ4n) is 1.38. The maximum atomic E-state index is 12.1. The summed E-state index contributed by atoms with van der Waals surface area (Å²) in [5.41, 5.74) is 6.00. The molecule has 2 N–H and O–H groups in total. The number of hydrogen-bond acceptors (Lipinski definition) is 3. The normalized spacial score (nSPS) is 11.4. The number of nitrogen functional groups attached to an aromatic ring is 1. The molecule has 7 heteroatoms. The maximum absolute atomic E-state index is 12.1. The Labute approximate surface area is 96.2 Å². The van der Waals surface area contributed by atoms with E-state index in [2.05, 4.69) is 4.98 Å². The average molecular weight is 247 g/mol. The number of aromatic nitrogens is 1. The summed E-state index contributed by atoms with van der Waals surface area (Å²) in [7, 11) is 1.09. The second kappa shape index (κ2) is 4.60. The van der Waals surface area contributed by atoms with Crippen LogP contribution >= 0.6 is 0 Å². The second-order valence-electron chi connectivity index (χ2n) is 3.70. The molecule has 94 valence electrons. The minimum absolute atomic E-state index is 0.0988. The van der Waals surface area contributed by atoms with Gasteiger partial charge in [-0.25, -0.2) is 4.98 Å². The first-order chi connectivity index (χ1) is 7.69. The van der Waals surface area contributed by atoms with Crippen LogP contribution in [0.3, 0.4) is 0 Å². The SMILES string of the molecule is Cc1cc(C(=O)N(C)CC(F)(F)F)cc(N)n1. The highest BCUT2D eigenvalue weighted by atomic mass is 19.4. The summed E-state index contributed by atoms with van der Waals surface area (Å²) in [5.74, 6) is -0.631. The number of aryl methyl sites for hydroxylation is 1. The first-order valence-corrected chi connectivity index (χ1v) is 4.75. The molecule has 0 saturated carbocycles. The van der Waals surface area contributed by atoms with E-state index < -0.39 is 18.6 Å². The highest BCUT2D eigenvalue weighted by Crippen LogP contribution is 2.17. The van der Waals surface area contributed by atoms with E-state index in [0.717, 1.165) is 7.05 Å². The van der Waals surface area contributed by atoms with E-state index in [0.29, 0.717) is 10.6 Å². The van der Waals surface area contributed by atoms with Crippen LogP contribution in [0.1, 0.15) is 16.1 Å². The van der Waals surface area contributed by atoms with E-state index in [4.69, 9.17) is 5.73 Å². The van der Waals surface area contributed by atoms with E-state index in [1.54, 1.807) is 6.92 Å². The molecule has 0 bridgehead atoms. The van der Waals surface area contributed by atoms with Gasteiger partial charge in [-0.1, -0.05) is 0 Å². The van der Waals surface area contributed by atoms with Gasteiger partial charge in [0.1, 0.15) is 12.4 Å². The highest BCUT2D eigenvalue weighted by Gasteiger charge is 2.31. The molecule has 0 atom stereocenters. The number of rotatable bonds is 2. The Balaban J connectivity index is 2.89. The molecular formula is C10H12F3N3O. The van der Waals surface area contributed by atoms with Gasteiger partial charge in [0, 0.05) is 18.3 Å². The van der Waals surface area contributed by atoms with Gasteiger partial charge in [-0.3, -0.25) is 4.79 Å². The fourth-order valence-corrected chi connectivity index (χ4v) is 1.38. The minimum Gasteiger partial charge on any atom is -0.384 e. The van der Waals surface area contributed by atoms with E-state index in [1.165, 1.54) is 12.1 Å². The Bertz CT molecular complexity index is 411. The standard InChI is InChI=1S/C10H12F3N3O/c1-6-3-7(4-8(14)15-6)9(17)16(2)5-10(11,12)13/h3-4H,5H2,1-2H3,(H2,14,15). The van der Waals surface area contributed by atoms with Gasteiger partial charge in [0.05, 0.1) is 0 Å². The Kier molecular flexibility index (Phi) is 3.59. The zero-order valence-corrected chi connectivity index (χ0v) is 9.38. The second-order valence-corrected chi connectivity index (χ2v) is 3.70. The summed E-state index contributed by atoms with van der Waals surface area (Å²) in [6, 6.07) is 2.65. The lowest BCUT2D eigenvalue weighted by Gasteiger charge is -2.19. The first-order valence-electron chi connectivity index (χ1n) is 4.75. The zero-order valence-electron chi connectivity index (χ0n) is 9.38. The Hall–Kier alpha value is -1.79. The molecule has 4 nitrogen and oxygen atoms in total. The molecule has 0 fully saturated rings. The molecule has 1 rings (SSSR count). The van der Waals surface area contributed by atoms with Gasteiger partial charge in [-0.05, 0) is 19.1 Å². The van der Waals surface area contributed by atoms with Crippen molar-refractivity contribution in [2.24, 2.45) is 0 Å². The van der Waals surface area contributed by atoms with Crippen LogP contribution in [0.4, 0.5) is 19.0 Å². The van der Waals surface area contributed by atoms with Gasteiger partial charge in [0.25, 0.3) is 5.91 Å². The van der Waals surface area contributed by atoms with Crippen molar-refractivity contribution >= 4 is 11.7 Å². The number of hydrogen-bond donors (Lipinski definition) is 1. The van der Waals surface area contributed by atoms with E-state index in [-0.39, 0.29) is 11.4 Å². The number of pyridine rings is 1. The van der Waals surface area contributed by atoms with Gasteiger partial charge in [-0.15, -0.1) is 0 Å². The molecule has 0 saturated heterocycles. The number of nitrogens with zero attached hydrogens (tertiary/aromatic N) is 2. The molecule has 17 heavy (non-hydrogen) atoms. The Morgan fingerprint density at radius 3 is 2.53 bits per heavy atom. The summed E-state index contributed by atoms with van der Waals surface area (Å²) in [6.45, 7) is 0.310. The van der Waals surface area contributed by atoms with Gasteiger partial charge < -0.3 is 10.6 Å². The van der Waals surface area contributed by atoms with Crippen LogP contribution in [-0.4, -0.2) is 35.6 Å². The number of anilines is 1. The van der Waals surface area contributed by atoms with E-state index in [9.17, 15) is 18.0 Å². The van der Waals surface area contributed by atoms with Crippen LogP contribution in [0, 0.1) is 6.92 Å². The monoisotopic (exact) mass is 247 g/mol. The van der Waals surface area contributed by atoms with Crippen molar-refractivity contribution in [3.8, 4) is 0 Å². The first kappa shape index (κ1) is 13.3. The number of nitrogens with two attached hydrogens (primary N) is 1. The summed E-state index contributed by atoms with van der Waals surface area (Å²) in [5, 5.41) is 0. The van der Waals surface area contributed by atoms with Crippen LogP contribution in [0.5, 0.6) is 0 Å². The molecule has 1 heterocycles. The molecule has 1 aromatic rings. The molecule has 0 spiro atoms. The molecule has 0 radical (unpaired) electrons. The number of carbonyl (C=O) groups is 1. The van der Waals surface area contributed by atoms with Crippen molar-refractivity contribution in [3.05, 3.63) is 23.4 Å². The summed E-state index contributed by atoms with van der Waals surface area (Å²) in [4.78, 5) is 16.1. The van der Waals surface area contributed by atoms with Crippen molar-refractivity contribution in [1.29, 1.82) is 0 Å². The van der Waals surface area contributed by atoms with Crippen molar-refractivity contribution in [2.75, 3.05) is 19.3 Å². The van der Waals surface area contributed by atoms with E-state index >= 15 is 0 Å². The Morgan fingerprint density at radius 1 is 1.47 bits per heavy atom. The Morgan fingerprint density at radius 2 is 2.06 bits per heavy atom. The molecule has 0 unspecified atom stereocenters. The maximum Gasteiger partial charge on any atom is 0.406 e. The molecule has 1 aromatic heterocycles. The van der Waals surface area contributed by atoms with Crippen LogP contribution in [0.25, 0.3) is 0 Å². The molecule has 0 aliphatic heterocycles. The molecular weight excluding hydrogens is 235 g/mol. The smallest absolute Gasteiger partial charge is 0.384 e. The molecule has 0 aliphatic rings. The van der Waals surface area contributed by atoms with Crippen LogP contribution in [0.2, 0.25) is 0 Å². The van der Waals surface area contributed by atoms with Crippen LogP contribution in [-0.2, 0) is 0 Å². The summed E-state index contributed by atoms with van der Waals surface area (Å²) >= 11 is 0. The molecule has 0 aliphatic carbocycles. The summed E-state index contributed by atoms with van der Waals surface area (Å²) in [6.07, 6.45) is -4.42. The van der Waals surface area contributed by atoms with Crippen molar-refractivity contribution in [1.82, 2.24) is 9.88 Å². The summed E-state index contributed by atoms with van der Waals surface area (Å²) < 4.78 is 36.3. The third-order valence-corrected chi connectivity index (χ3v) is 1.98. The minimum atomic E-state index is -4.42. The predicted molar refractivity (Wildman–Crippen MR) is 56.4 cm³/mol. The molecule has 0 aromatic carbocycles. The van der Waals surface area contributed by atoms with E-state index in [1.807, 2.05) is 0 Å².